The minimum atomic E-state index is -0.00463. The van der Waals surface area contributed by atoms with Crippen LogP contribution >= 0.6 is 0 Å². The number of aliphatic hydroxyl groups excluding tert-OH is 2. The minimum absolute atomic E-state index is 0.00463. The number of ketones is 2. The van der Waals surface area contributed by atoms with Crippen LogP contribution in [-0.4, -0.2) is 21.8 Å². The van der Waals surface area contributed by atoms with Gasteiger partial charge in [0.2, 0.25) is 0 Å². The Morgan fingerprint density at radius 3 is 1.18 bits per heavy atom. The van der Waals surface area contributed by atoms with Gasteiger partial charge in [-0.25, -0.2) is 0 Å². The predicted octanol–water partition coefficient (Wildman–Crippen LogP) is 4.01. The van der Waals surface area contributed by atoms with Gasteiger partial charge in [-0.15, -0.1) is 0 Å². The molecular weight excluding hydrogens is 323 g/mol. The van der Waals surface area contributed by atoms with E-state index in [0.29, 0.717) is 24.7 Å². The van der Waals surface area contributed by atoms with E-state index in [9.17, 15) is 9.59 Å². The first kappa shape index (κ1) is 25.7. The molecule has 0 aromatic heterocycles. The van der Waals surface area contributed by atoms with Gasteiger partial charge in [-0.2, -0.15) is 0 Å². The van der Waals surface area contributed by atoms with Crippen molar-refractivity contribution in [2.75, 3.05) is 0 Å². The molecule has 0 spiro atoms. The molecule has 6 heteroatoms. The Balaban J connectivity index is -0.000000294. The monoisotopic (exact) mass is 351 g/mol. The average Bonchev–Trinajstić information content (AvgIpc) is 2.27. The van der Waals surface area contributed by atoms with Crippen molar-refractivity contribution in [1.82, 2.24) is 0 Å². The van der Waals surface area contributed by atoms with Crippen LogP contribution in [0.5, 0.6) is 0 Å². The Bertz CT molecular complexity index is 340. The Kier molecular flexibility index (Phi) is 18.9. The van der Waals surface area contributed by atoms with Crippen LogP contribution in [0, 0.1) is 11.8 Å². The number of carbonyl (C=O) groups excluding carboxylic acids is 2. The van der Waals surface area contributed by atoms with Crippen molar-refractivity contribution in [3.63, 3.8) is 0 Å². The second-order valence-corrected chi connectivity index (χ2v) is 5.70. The topological polar surface area (TPSA) is 91.7 Å². The second-order valence-electron chi connectivity index (χ2n) is 5.70. The molecule has 0 aliphatic carbocycles. The first-order valence-electron chi connectivity index (χ1n) is 7.03. The van der Waals surface area contributed by atoms with Gasteiger partial charge in [0.25, 0.3) is 0 Å². The summed E-state index contributed by atoms with van der Waals surface area (Å²) in [6, 6.07) is 0. The molecule has 0 saturated carbocycles. The molecular formula is C16H28O5V. The van der Waals surface area contributed by atoms with Crippen molar-refractivity contribution in [3.8, 4) is 0 Å². The van der Waals surface area contributed by atoms with E-state index in [0.717, 1.165) is 17.4 Å². The molecule has 0 aromatic rings. The molecule has 0 aromatic carbocycles. The Morgan fingerprint density at radius 2 is 1.05 bits per heavy atom. The van der Waals surface area contributed by atoms with Crippen LogP contribution in [-0.2, 0) is 30.6 Å². The Labute approximate surface area is 142 Å². The summed E-state index contributed by atoms with van der Waals surface area (Å²) < 4.78 is 8.19. The summed E-state index contributed by atoms with van der Waals surface area (Å²) in [5.74, 6) is 0.896. The number of aliphatic hydroxyl groups is 2. The van der Waals surface area contributed by atoms with Crippen LogP contribution in [0.25, 0.3) is 0 Å². The summed E-state index contributed by atoms with van der Waals surface area (Å²) in [4.78, 5) is 21.7. The molecule has 2 N–H and O–H groups in total. The van der Waals surface area contributed by atoms with E-state index in [2.05, 4.69) is 0 Å². The van der Waals surface area contributed by atoms with Crippen molar-refractivity contribution >= 4 is 11.6 Å². The number of rotatable bonds is 6. The summed E-state index contributed by atoms with van der Waals surface area (Å²) in [5.41, 5.74) is 0. The number of hydrogen-bond acceptors (Lipinski definition) is 5. The molecule has 0 aliphatic rings. The van der Waals surface area contributed by atoms with Gasteiger partial charge >= 0.3 is 21.0 Å². The van der Waals surface area contributed by atoms with Crippen LogP contribution in [0.1, 0.15) is 54.4 Å². The van der Waals surface area contributed by atoms with E-state index in [1.807, 2.05) is 27.7 Å². The standard InChI is InChI=1S/2C8H14O2.O.V/c2*1-6(2)4-8(10)5-7(3)9;;/h2*5-6,9H,4H2,1-3H3;;/b2*7-5-;;. The molecule has 0 atom stereocenters. The number of carbonyl (C=O) groups is 2. The van der Waals surface area contributed by atoms with Gasteiger partial charge in [0.1, 0.15) is 0 Å². The molecule has 0 saturated heterocycles. The van der Waals surface area contributed by atoms with Crippen LogP contribution in [0.15, 0.2) is 23.7 Å². The third kappa shape index (κ3) is 27.2. The molecule has 0 rings (SSSR count). The summed E-state index contributed by atoms with van der Waals surface area (Å²) in [6.45, 7) is 10.9. The maximum atomic E-state index is 10.8. The van der Waals surface area contributed by atoms with E-state index in [-0.39, 0.29) is 23.1 Å². The fourth-order valence-corrected chi connectivity index (χ4v) is 1.39. The van der Waals surface area contributed by atoms with Gasteiger partial charge in [-0.3, -0.25) is 9.59 Å². The van der Waals surface area contributed by atoms with Crippen molar-refractivity contribution in [2.24, 2.45) is 11.8 Å². The molecule has 5 nitrogen and oxygen atoms in total. The van der Waals surface area contributed by atoms with Crippen molar-refractivity contribution in [3.05, 3.63) is 23.7 Å². The molecule has 0 fully saturated rings. The fourth-order valence-electron chi connectivity index (χ4n) is 1.39. The van der Waals surface area contributed by atoms with Gasteiger partial charge < -0.3 is 10.2 Å². The van der Waals surface area contributed by atoms with Crippen molar-refractivity contribution in [1.29, 1.82) is 0 Å². The molecule has 22 heavy (non-hydrogen) atoms. The van der Waals surface area contributed by atoms with E-state index in [4.69, 9.17) is 13.9 Å². The zero-order valence-corrected chi connectivity index (χ0v) is 15.7. The molecule has 0 heterocycles. The third-order valence-corrected chi connectivity index (χ3v) is 1.96. The molecule has 0 aliphatic heterocycles. The Morgan fingerprint density at radius 1 is 0.818 bits per heavy atom. The normalized spacial score (nSPS) is 11.2. The van der Waals surface area contributed by atoms with Gasteiger partial charge in [-0.05, 0) is 25.7 Å². The third-order valence-electron chi connectivity index (χ3n) is 1.96. The summed E-state index contributed by atoms with van der Waals surface area (Å²) in [5, 5.41) is 17.4. The molecule has 0 radical (unpaired) electrons. The van der Waals surface area contributed by atoms with Crippen molar-refractivity contribution in [2.45, 2.75) is 54.4 Å². The predicted molar refractivity (Wildman–Crippen MR) is 82.4 cm³/mol. The van der Waals surface area contributed by atoms with Crippen LogP contribution in [0.2, 0.25) is 0 Å². The summed E-state index contributed by atoms with van der Waals surface area (Å²) >= 11 is 1.06. The second kappa shape index (κ2) is 16.2. The van der Waals surface area contributed by atoms with E-state index in [1.165, 1.54) is 26.0 Å². The van der Waals surface area contributed by atoms with Crippen molar-refractivity contribution < 1.29 is 40.8 Å². The summed E-state index contributed by atoms with van der Waals surface area (Å²) in [7, 11) is 0. The van der Waals surface area contributed by atoms with Crippen LogP contribution in [0.4, 0.5) is 0 Å². The first-order valence-corrected chi connectivity index (χ1v) is 7.60. The zero-order valence-electron chi connectivity index (χ0n) is 14.3. The fraction of sp³-hybridized carbons (Fsp3) is 0.625. The maximum absolute atomic E-state index is 10.8. The molecule has 0 unspecified atom stereocenters. The first-order chi connectivity index (χ1) is 10.0. The Hall–Kier alpha value is -1.20. The van der Waals surface area contributed by atoms with E-state index in [1.54, 1.807) is 0 Å². The van der Waals surface area contributed by atoms with E-state index < -0.39 is 0 Å². The molecule has 0 bridgehead atoms. The SMILES string of the molecule is C/C(O)=C/C(=O)CC(C)C.C/C(O)=C/C(=O)CC(C)C.[O]=[V]. The summed E-state index contributed by atoms with van der Waals surface area (Å²) in [6.07, 6.45) is 3.55. The average molecular weight is 351 g/mol. The van der Waals surface area contributed by atoms with Crippen LogP contribution in [0.3, 0.4) is 0 Å². The number of hydrogen-bond donors (Lipinski definition) is 2. The van der Waals surface area contributed by atoms with Gasteiger partial charge in [0.05, 0.1) is 11.5 Å². The van der Waals surface area contributed by atoms with Gasteiger partial charge in [0.15, 0.2) is 11.6 Å². The van der Waals surface area contributed by atoms with Gasteiger partial charge in [0, 0.05) is 25.0 Å². The van der Waals surface area contributed by atoms with Gasteiger partial charge in [-0.1, -0.05) is 27.7 Å². The van der Waals surface area contributed by atoms with Crippen LogP contribution < -0.4 is 0 Å². The quantitative estimate of drug-likeness (QED) is 0.557. The van der Waals surface area contributed by atoms with E-state index >= 15 is 0 Å². The molecule has 127 valence electrons. The zero-order chi connectivity index (χ0) is 18.3. The molecule has 0 amide bonds. The number of allylic oxidation sites excluding steroid dienone is 4.